The Balaban J connectivity index is 6.06. The van der Waals surface area contributed by atoms with Crippen LogP contribution >= 0.6 is 11.8 Å². The monoisotopic (exact) mass is 464 g/mol. The summed E-state index contributed by atoms with van der Waals surface area (Å²) in [5.41, 5.74) is 0. The van der Waals surface area contributed by atoms with E-state index in [9.17, 15) is 24.0 Å². The summed E-state index contributed by atoms with van der Waals surface area (Å²) in [6.45, 7) is 7.29. The van der Waals surface area contributed by atoms with Crippen LogP contribution in [0.1, 0.15) is 54.4 Å². The van der Waals surface area contributed by atoms with Crippen molar-refractivity contribution in [1.82, 2.24) is 0 Å². The fourth-order valence-corrected chi connectivity index (χ4v) is 3.71. The molecule has 0 N–H and O–H groups in total. The Labute approximate surface area is 186 Å². The minimum atomic E-state index is -1.39. The Hall–Kier alpha value is -2.30. The molecule has 0 amide bonds. The van der Waals surface area contributed by atoms with Gasteiger partial charge in [-0.3, -0.25) is 24.0 Å². The maximum absolute atomic E-state index is 11.8. The smallest absolute Gasteiger partial charge is 0.303 e. The molecule has 31 heavy (non-hydrogen) atoms. The Kier molecular flexibility index (Phi) is 14.3. The van der Waals surface area contributed by atoms with Crippen molar-refractivity contribution in [2.45, 2.75) is 78.8 Å². The zero-order chi connectivity index (χ0) is 24.0. The summed E-state index contributed by atoms with van der Waals surface area (Å²) in [6, 6.07) is 0. The van der Waals surface area contributed by atoms with Gasteiger partial charge in [0.1, 0.15) is 6.61 Å². The van der Waals surface area contributed by atoms with Crippen LogP contribution < -0.4 is 0 Å². The highest BCUT2D eigenvalue weighted by atomic mass is 32.2. The second-order valence-electron chi connectivity index (χ2n) is 6.67. The molecule has 0 aliphatic rings. The largest absolute Gasteiger partial charge is 0.462 e. The normalized spacial score (nSPS) is 14.4. The summed E-state index contributed by atoms with van der Waals surface area (Å²) in [5.74, 6) is -2.53. The number of hydrogen-bond donors (Lipinski definition) is 0. The van der Waals surface area contributed by atoms with Crippen molar-refractivity contribution < 1.29 is 47.7 Å². The van der Waals surface area contributed by atoms with E-state index in [0.717, 1.165) is 46.3 Å². The summed E-state index contributed by atoms with van der Waals surface area (Å²) in [5, 5.41) is 0. The highest BCUT2D eigenvalue weighted by Crippen LogP contribution is 2.23. The highest BCUT2D eigenvalue weighted by molar-refractivity contribution is 7.99. The molecule has 0 saturated heterocycles. The number of ether oxygens (including phenoxy) is 5. The molecule has 0 aromatic carbocycles. The maximum atomic E-state index is 11.8. The fraction of sp³-hybridized carbons (Fsp3) is 0.750. The highest BCUT2D eigenvalue weighted by Gasteiger charge is 2.43. The van der Waals surface area contributed by atoms with Gasteiger partial charge >= 0.3 is 29.8 Å². The molecule has 0 fully saturated rings. The Morgan fingerprint density at radius 2 is 1.13 bits per heavy atom. The summed E-state index contributed by atoms with van der Waals surface area (Å²) >= 11 is 1.46. The van der Waals surface area contributed by atoms with Crippen LogP contribution in [-0.2, 0) is 47.7 Å². The number of unbranched alkanes of at least 4 members (excludes halogenated alkanes) is 1. The number of rotatable bonds is 14. The first-order valence-electron chi connectivity index (χ1n) is 9.87. The van der Waals surface area contributed by atoms with Crippen molar-refractivity contribution in [3.63, 3.8) is 0 Å². The lowest BCUT2D eigenvalue weighted by atomic mass is 10.0. The van der Waals surface area contributed by atoms with Crippen LogP contribution in [0.3, 0.4) is 0 Å². The van der Waals surface area contributed by atoms with Crippen LogP contribution in [0, 0.1) is 0 Å². The van der Waals surface area contributed by atoms with Crippen LogP contribution in [0.2, 0.25) is 0 Å². The van der Waals surface area contributed by atoms with Gasteiger partial charge in [0.05, 0.1) is 0 Å². The van der Waals surface area contributed by atoms with Crippen molar-refractivity contribution in [3.8, 4) is 0 Å². The molecule has 0 rings (SSSR count). The average Bonchev–Trinajstić information content (AvgIpc) is 2.63. The first kappa shape index (κ1) is 28.7. The Morgan fingerprint density at radius 3 is 1.55 bits per heavy atom. The van der Waals surface area contributed by atoms with Gasteiger partial charge in [-0.15, -0.1) is 0 Å². The van der Waals surface area contributed by atoms with Crippen LogP contribution in [0.4, 0.5) is 0 Å². The van der Waals surface area contributed by atoms with E-state index in [2.05, 4.69) is 0 Å². The molecule has 0 aromatic heterocycles. The third kappa shape index (κ3) is 13.6. The molecule has 0 saturated carbocycles. The quantitative estimate of drug-likeness (QED) is 0.212. The van der Waals surface area contributed by atoms with Gasteiger partial charge in [0.15, 0.2) is 24.4 Å². The first-order valence-corrected chi connectivity index (χ1v) is 11.0. The third-order valence-electron chi connectivity index (χ3n) is 3.67. The van der Waals surface area contributed by atoms with Crippen molar-refractivity contribution in [2.75, 3.05) is 18.1 Å². The van der Waals surface area contributed by atoms with Crippen molar-refractivity contribution in [2.24, 2.45) is 0 Å². The second kappa shape index (κ2) is 15.5. The second-order valence-corrected chi connectivity index (χ2v) is 7.82. The lowest BCUT2D eigenvalue weighted by Crippen LogP contribution is -2.53. The van der Waals surface area contributed by atoms with Gasteiger partial charge in [0.2, 0.25) is 0 Å². The van der Waals surface area contributed by atoms with Crippen LogP contribution in [0.15, 0.2) is 0 Å². The molecule has 0 aliphatic heterocycles. The van der Waals surface area contributed by atoms with Crippen molar-refractivity contribution in [1.29, 1.82) is 0 Å². The lowest BCUT2D eigenvalue weighted by Gasteiger charge is -2.35. The van der Waals surface area contributed by atoms with E-state index < -0.39 is 60.9 Å². The zero-order valence-electron chi connectivity index (χ0n) is 18.8. The number of esters is 5. The van der Waals surface area contributed by atoms with Crippen LogP contribution in [-0.4, -0.2) is 72.4 Å². The standard InChI is InChI=1S/C20H32O10S/c1-7-8-9-31-11-18(28-14(4)23)20(30-16(6)25)19(29-15(5)24)17(27-13(3)22)10-26-12(2)21/h17-20H,7-11H2,1-6H3/t17-,18+,19-,20-/m1/s1. The zero-order valence-corrected chi connectivity index (χ0v) is 19.7. The molecular formula is C20H32O10S. The van der Waals surface area contributed by atoms with Crippen LogP contribution in [0.25, 0.3) is 0 Å². The van der Waals surface area contributed by atoms with Crippen molar-refractivity contribution in [3.05, 3.63) is 0 Å². The van der Waals surface area contributed by atoms with E-state index in [1.165, 1.54) is 18.7 Å². The van der Waals surface area contributed by atoms with Gasteiger partial charge in [-0.2, -0.15) is 11.8 Å². The number of thioether (sulfide) groups is 1. The lowest BCUT2D eigenvalue weighted by molar-refractivity contribution is -0.200. The molecular weight excluding hydrogens is 432 g/mol. The maximum Gasteiger partial charge on any atom is 0.303 e. The minimum Gasteiger partial charge on any atom is -0.462 e. The summed E-state index contributed by atoms with van der Waals surface area (Å²) < 4.78 is 26.2. The third-order valence-corrected chi connectivity index (χ3v) is 4.81. The number of carbonyl (C=O) groups excluding carboxylic acids is 5. The van der Waals surface area contributed by atoms with E-state index in [0.29, 0.717) is 0 Å². The fourth-order valence-electron chi connectivity index (χ4n) is 2.56. The first-order chi connectivity index (χ1) is 14.5. The number of carbonyl (C=O) groups is 5. The Bertz CT molecular complexity index is 621. The predicted molar refractivity (Wildman–Crippen MR) is 111 cm³/mol. The average molecular weight is 465 g/mol. The molecule has 0 spiro atoms. The summed E-state index contributed by atoms with van der Waals surface area (Å²) in [7, 11) is 0. The van der Waals surface area contributed by atoms with Gasteiger partial charge in [0, 0.05) is 40.4 Å². The van der Waals surface area contributed by atoms with E-state index in [1.54, 1.807) is 0 Å². The van der Waals surface area contributed by atoms with E-state index in [1.807, 2.05) is 6.92 Å². The van der Waals surface area contributed by atoms with E-state index in [4.69, 9.17) is 23.7 Å². The molecule has 4 atom stereocenters. The SMILES string of the molecule is CCCCSC[C@H](OC(C)=O)[C@@H](OC(C)=O)[C@H](OC(C)=O)[C@@H](COC(C)=O)OC(C)=O. The van der Waals surface area contributed by atoms with Gasteiger partial charge in [-0.25, -0.2) is 0 Å². The molecule has 0 heterocycles. The Morgan fingerprint density at radius 1 is 0.677 bits per heavy atom. The molecule has 0 aliphatic carbocycles. The molecule has 0 aromatic rings. The predicted octanol–water partition coefficient (Wildman–Crippen LogP) is 1.81. The number of hydrogen-bond acceptors (Lipinski definition) is 11. The topological polar surface area (TPSA) is 132 Å². The van der Waals surface area contributed by atoms with Gasteiger partial charge < -0.3 is 23.7 Å². The van der Waals surface area contributed by atoms with Gasteiger partial charge in [-0.1, -0.05) is 13.3 Å². The van der Waals surface area contributed by atoms with Crippen molar-refractivity contribution >= 4 is 41.6 Å². The molecule has 0 radical (unpaired) electrons. The molecule has 0 bridgehead atoms. The minimum absolute atomic E-state index is 0.232. The molecule has 10 nitrogen and oxygen atoms in total. The molecule has 178 valence electrons. The summed E-state index contributed by atoms with van der Waals surface area (Å²) in [4.78, 5) is 58.2. The summed E-state index contributed by atoms with van der Waals surface area (Å²) in [6.07, 6.45) is -3.12. The van der Waals surface area contributed by atoms with Crippen LogP contribution in [0.5, 0.6) is 0 Å². The van der Waals surface area contributed by atoms with Gasteiger partial charge in [-0.05, 0) is 12.2 Å². The van der Waals surface area contributed by atoms with E-state index >= 15 is 0 Å². The molecule has 11 heteroatoms. The molecule has 0 unspecified atom stereocenters. The van der Waals surface area contributed by atoms with E-state index in [-0.39, 0.29) is 5.75 Å². The van der Waals surface area contributed by atoms with Gasteiger partial charge in [0.25, 0.3) is 0 Å².